The van der Waals surface area contributed by atoms with Crippen LogP contribution in [0.1, 0.15) is 42.4 Å². The summed E-state index contributed by atoms with van der Waals surface area (Å²) in [6.45, 7) is 0. The largest absolute Gasteiger partial charge is 0.508 e. The second kappa shape index (κ2) is 6.96. The number of fused-ring (bicyclic) bond motifs is 3. The minimum atomic E-state index is -0.0100. The molecule has 1 saturated carbocycles. The number of hydrogen-bond donors (Lipinski definition) is 3. The van der Waals surface area contributed by atoms with E-state index in [9.17, 15) is 10.2 Å². The third kappa shape index (κ3) is 3.23. The van der Waals surface area contributed by atoms with Crippen LogP contribution in [-0.2, 0) is 18.3 Å². The van der Waals surface area contributed by atoms with Crippen molar-refractivity contribution in [2.45, 2.75) is 43.9 Å². The number of aryl methyl sites for hydroxylation is 1. The molecule has 0 heterocycles. The molecule has 4 rings (SSSR count). The number of phenols is 2. The lowest BCUT2D eigenvalue weighted by Crippen LogP contribution is -2.46. The lowest BCUT2D eigenvalue weighted by atomic mass is 9.55. The SMILES string of the molecule is N#CNN=C1CC[C@@]2(Cc3ccc(O)cc3)c3ccc(O)cc3CC[C@@H]2C1. The lowest BCUT2D eigenvalue weighted by molar-refractivity contribution is 0.205. The molecular weight excluding hydrogens is 338 g/mol. The van der Waals surface area contributed by atoms with Gasteiger partial charge in [0.2, 0.25) is 0 Å². The standard InChI is InChI=1S/C22H23N3O2/c23-14-24-25-18-9-10-22(13-15-1-5-19(26)6-2-15)17(12-18)4-3-16-11-20(27)7-8-21(16)22/h1-2,5-8,11,17,24,26-27H,3-4,9-10,12-13H2/t17-,22+/m1/s1. The molecule has 2 aromatic rings. The van der Waals surface area contributed by atoms with Gasteiger partial charge in [-0.15, -0.1) is 0 Å². The summed E-state index contributed by atoms with van der Waals surface area (Å²) in [6.07, 6.45) is 7.46. The molecule has 1 fully saturated rings. The number of nitriles is 1. The molecule has 138 valence electrons. The Morgan fingerprint density at radius 1 is 1.11 bits per heavy atom. The van der Waals surface area contributed by atoms with Crippen molar-refractivity contribution in [2.24, 2.45) is 11.0 Å². The maximum absolute atomic E-state index is 9.94. The first kappa shape index (κ1) is 17.4. The quantitative estimate of drug-likeness (QED) is 0.441. The van der Waals surface area contributed by atoms with Crippen molar-refractivity contribution in [3.05, 3.63) is 59.2 Å². The van der Waals surface area contributed by atoms with Gasteiger partial charge in [0.1, 0.15) is 11.5 Å². The number of rotatable bonds is 3. The number of benzene rings is 2. The predicted octanol–water partition coefficient (Wildman–Crippen LogP) is 3.75. The van der Waals surface area contributed by atoms with Crippen molar-refractivity contribution in [3.63, 3.8) is 0 Å². The van der Waals surface area contributed by atoms with E-state index >= 15 is 0 Å². The Morgan fingerprint density at radius 2 is 1.89 bits per heavy atom. The Balaban J connectivity index is 1.74. The molecule has 0 bridgehead atoms. The smallest absolute Gasteiger partial charge is 0.198 e. The van der Waals surface area contributed by atoms with Gasteiger partial charge in [-0.25, -0.2) is 5.43 Å². The Kier molecular flexibility index (Phi) is 4.49. The van der Waals surface area contributed by atoms with Crippen molar-refractivity contribution in [1.29, 1.82) is 5.26 Å². The van der Waals surface area contributed by atoms with Crippen LogP contribution < -0.4 is 5.43 Å². The van der Waals surface area contributed by atoms with Crippen LogP contribution in [0, 0.1) is 17.4 Å². The van der Waals surface area contributed by atoms with Gasteiger partial charge in [0, 0.05) is 11.1 Å². The molecule has 5 heteroatoms. The molecule has 0 unspecified atom stereocenters. The van der Waals surface area contributed by atoms with Gasteiger partial charge in [0.25, 0.3) is 0 Å². The van der Waals surface area contributed by atoms with Gasteiger partial charge in [-0.3, -0.25) is 0 Å². The summed E-state index contributed by atoms with van der Waals surface area (Å²) < 4.78 is 0. The summed E-state index contributed by atoms with van der Waals surface area (Å²) in [4.78, 5) is 0. The van der Waals surface area contributed by atoms with Crippen LogP contribution in [-0.4, -0.2) is 15.9 Å². The van der Waals surface area contributed by atoms with Crippen molar-refractivity contribution < 1.29 is 10.2 Å². The zero-order valence-corrected chi connectivity index (χ0v) is 15.2. The molecule has 0 saturated heterocycles. The zero-order chi connectivity index (χ0) is 18.9. The highest BCUT2D eigenvalue weighted by atomic mass is 16.3. The number of nitrogens with zero attached hydrogens (tertiary/aromatic N) is 2. The highest BCUT2D eigenvalue weighted by Crippen LogP contribution is 2.51. The van der Waals surface area contributed by atoms with Gasteiger partial charge in [-0.2, -0.15) is 10.4 Å². The fourth-order valence-electron chi connectivity index (χ4n) is 5.00. The van der Waals surface area contributed by atoms with Gasteiger partial charge < -0.3 is 10.2 Å². The number of hydrogen-bond acceptors (Lipinski definition) is 5. The van der Waals surface area contributed by atoms with E-state index in [4.69, 9.17) is 5.26 Å². The summed E-state index contributed by atoms with van der Waals surface area (Å²) in [6, 6.07) is 13.3. The van der Waals surface area contributed by atoms with E-state index < -0.39 is 0 Å². The summed E-state index contributed by atoms with van der Waals surface area (Å²) in [5.41, 5.74) is 7.26. The van der Waals surface area contributed by atoms with E-state index in [-0.39, 0.29) is 11.2 Å². The molecule has 0 radical (unpaired) electrons. The third-order valence-electron chi connectivity index (χ3n) is 6.23. The normalized spacial score (nSPS) is 25.3. The Labute approximate surface area is 159 Å². The second-order valence-corrected chi connectivity index (χ2v) is 7.68. The minimum absolute atomic E-state index is 0.0100. The first-order valence-corrected chi connectivity index (χ1v) is 9.40. The minimum Gasteiger partial charge on any atom is -0.508 e. The number of nitrogens with one attached hydrogen (secondary N) is 1. The van der Waals surface area contributed by atoms with Crippen LogP contribution >= 0.6 is 0 Å². The molecule has 27 heavy (non-hydrogen) atoms. The van der Waals surface area contributed by atoms with Gasteiger partial charge in [0.15, 0.2) is 6.19 Å². The van der Waals surface area contributed by atoms with E-state index in [2.05, 4.69) is 16.6 Å². The average molecular weight is 361 g/mol. The Morgan fingerprint density at radius 3 is 2.67 bits per heavy atom. The van der Waals surface area contributed by atoms with Crippen molar-refractivity contribution in [3.8, 4) is 17.7 Å². The number of aromatic hydroxyl groups is 2. The van der Waals surface area contributed by atoms with Gasteiger partial charge in [-0.1, -0.05) is 18.2 Å². The summed E-state index contributed by atoms with van der Waals surface area (Å²) in [5, 5.41) is 32.5. The number of phenolic OH excluding ortho intramolecular Hbond substituents is 2. The van der Waals surface area contributed by atoms with Gasteiger partial charge in [0.05, 0.1) is 0 Å². The molecule has 2 aliphatic carbocycles. The molecule has 2 atom stereocenters. The highest BCUT2D eigenvalue weighted by molar-refractivity contribution is 5.86. The third-order valence-corrected chi connectivity index (χ3v) is 6.23. The first-order chi connectivity index (χ1) is 13.1. The van der Waals surface area contributed by atoms with E-state index in [0.29, 0.717) is 11.7 Å². The van der Waals surface area contributed by atoms with Crippen LogP contribution in [0.15, 0.2) is 47.6 Å². The van der Waals surface area contributed by atoms with E-state index in [1.54, 1.807) is 18.2 Å². The fraction of sp³-hybridized carbons (Fsp3) is 0.364. The molecule has 5 nitrogen and oxygen atoms in total. The summed E-state index contributed by atoms with van der Waals surface area (Å²) >= 11 is 0. The molecule has 0 spiro atoms. The Bertz CT molecular complexity index is 914. The van der Waals surface area contributed by atoms with E-state index in [0.717, 1.165) is 44.2 Å². The monoisotopic (exact) mass is 361 g/mol. The van der Waals surface area contributed by atoms with Crippen molar-refractivity contribution >= 4 is 5.71 Å². The van der Waals surface area contributed by atoms with Crippen LogP contribution in [0.5, 0.6) is 11.5 Å². The van der Waals surface area contributed by atoms with Crippen LogP contribution in [0.4, 0.5) is 0 Å². The van der Waals surface area contributed by atoms with Crippen molar-refractivity contribution in [2.75, 3.05) is 0 Å². The summed E-state index contributed by atoms with van der Waals surface area (Å²) in [5.74, 6) is 1.04. The number of hydrazone groups is 1. The average Bonchev–Trinajstić information content (AvgIpc) is 2.68. The molecule has 2 aromatic carbocycles. The van der Waals surface area contributed by atoms with Gasteiger partial charge in [-0.05, 0) is 85.4 Å². The lowest BCUT2D eigenvalue weighted by Gasteiger charge is -2.49. The molecule has 0 amide bonds. The molecule has 3 N–H and O–H groups in total. The maximum Gasteiger partial charge on any atom is 0.198 e. The topological polar surface area (TPSA) is 88.6 Å². The molecule has 0 aromatic heterocycles. The molecule has 0 aliphatic heterocycles. The van der Waals surface area contributed by atoms with Crippen molar-refractivity contribution in [1.82, 2.24) is 5.43 Å². The highest BCUT2D eigenvalue weighted by Gasteiger charge is 2.46. The fourth-order valence-corrected chi connectivity index (χ4v) is 5.00. The molecule has 2 aliphatic rings. The zero-order valence-electron chi connectivity index (χ0n) is 15.2. The summed E-state index contributed by atoms with van der Waals surface area (Å²) in [7, 11) is 0. The second-order valence-electron chi connectivity index (χ2n) is 7.68. The van der Waals surface area contributed by atoms with Crippen LogP contribution in [0.2, 0.25) is 0 Å². The van der Waals surface area contributed by atoms with Crippen LogP contribution in [0.3, 0.4) is 0 Å². The van der Waals surface area contributed by atoms with E-state index in [1.165, 1.54) is 16.7 Å². The Hall–Kier alpha value is -3.00. The molecular formula is C22H23N3O2. The maximum atomic E-state index is 9.94. The first-order valence-electron chi connectivity index (χ1n) is 9.40. The van der Waals surface area contributed by atoms with Gasteiger partial charge >= 0.3 is 0 Å². The van der Waals surface area contributed by atoms with E-state index in [1.807, 2.05) is 24.4 Å². The van der Waals surface area contributed by atoms with Crippen LogP contribution in [0.25, 0.3) is 0 Å². The predicted molar refractivity (Wildman–Crippen MR) is 103 cm³/mol.